The van der Waals surface area contributed by atoms with Gasteiger partial charge in [0, 0.05) is 17.4 Å². The van der Waals surface area contributed by atoms with Crippen molar-refractivity contribution in [2.75, 3.05) is 5.73 Å². The number of rotatable bonds is 5. The normalized spacial score (nSPS) is 12.3. The van der Waals surface area contributed by atoms with Gasteiger partial charge in [-0.2, -0.15) is 5.10 Å². The number of hydrogen-bond acceptors (Lipinski definition) is 3. The number of nitrogens with two attached hydrogens (primary N) is 1. The standard InChI is InChI=1S/C14H17N3O2/c1-2-3-13(14(18)19)17-9-11(8-16-17)10-4-6-12(15)7-5-10/h4-9,13H,2-3,15H2,1H3,(H,18,19). The molecular formula is C14H17N3O2. The Morgan fingerprint density at radius 2 is 2.05 bits per heavy atom. The van der Waals surface area contributed by atoms with Crippen molar-refractivity contribution in [3.63, 3.8) is 0 Å². The molecule has 0 spiro atoms. The lowest BCUT2D eigenvalue weighted by molar-refractivity contribution is -0.141. The van der Waals surface area contributed by atoms with Gasteiger partial charge in [-0.3, -0.25) is 4.68 Å². The third-order valence-electron chi connectivity index (χ3n) is 3.01. The molecule has 3 N–H and O–H groups in total. The van der Waals surface area contributed by atoms with Gasteiger partial charge in [0.05, 0.1) is 6.20 Å². The minimum atomic E-state index is -0.853. The van der Waals surface area contributed by atoms with Crippen molar-refractivity contribution in [2.45, 2.75) is 25.8 Å². The van der Waals surface area contributed by atoms with Crippen LogP contribution < -0.4 is 5.73 Å². The first-order valence-electron chi connectivity index (χ1n) is 6.24. The fraction of sp³-hybridized carbons (Fsp3) is 0.286. The molecule has 0 radical (unpaired) electrons. The van der Waals surface area contributed by atoms with Crippen molar-refractivity contribution >= 4 is 11.7 Å². The summed E-state index contributed by atoms with van der Waals surface area (Å²) in [4.78, 5) is 11.2. The van der Waals surface area contributed by atoms with Crippen LogP contribution in [0.25, 0.3) is 11.1 Å². The van der Waals surface area contributed by atoms with Gasteiger partial charge in [0.25, 0.3) is 0 Å². The molecule has 1 aromatic heterocycles. The zero-order valence-electron chi connectivity index (χ0n) is 10.8. The van der Waals surface area contributed by atoms with Crippen LogP contribution in [0.5, 0.6) is 0 Å². The first kappa shape index (κ1) is 13.1. The number of benzene rings is 1. The molecule has 1 atom stereocenters. The van der Waals surface area contributed by atoms with Gasteiger partial charge in [0.1, 0.15) is 6.04 Å². The van der Waals surface area contributed by atoms with E-state index < -0.39 is 12.0 Å². The summed E-state index contributed by atoms with van der Waals surface area (Å²) in [6, 6.07) is 6.81. The smallest absolute Gasteiger partial charge is 0.328 e. The SMILES string of the molecule is CCCC(C(=O)O)n1cc(-c2ccc(N)cc2)cn1. The average Bonchev–Trinajstić information content (AvgIpc) is 2.85. The molecule has 100 valence electrons. The Bertz CT molecular complexity index is 560. The molecule has 2 rings (SSSR count). The second-order valence-electron chi connectivity index (χ2n) is 4.47. The lowest BCUT2D eigenvalue weighted by Gasteiger charge is -2.11. The number of hydrogen-bond donors (Lipinski definition) is 2. The molecule has 2 aromatic rings. The molecule has 0 saturated carbocycles. The van der Waals surface area contributed by atoms with E-state index in [4.69, 9.17) is 5.73 Å². The number of carboxylic acids is 1. The molecule has 1 unspecified atom stereocenters. The highest BCUT2D eigenvalue weighted by Gasteiger charge is 2.19. The van der Waals surface area contributed by atoms with Crippen LogP contribution >= 0.6 is 0 Å². The summed E-state index contributed by atoms with van der Waals surface area (Å²) >= 11 is 0. The summed E-state index contributed by atoms with van der Waals surface area (Å²) < 4.78 is 1.51. The number of nitrogen functional groups attached to an aromatic ring is 1. The van der Waals surface area contributed by atoms with Crippen LogP contribution in [0, 0.1) is 0 Å². The molecule has 1 aromatic carbocycles. The van der Waals surface area contributed by atoms with Gasteiger partial charge in [0.2, 0.25) is 0 Å². The fourth-order valence-electron chi connectivity index (χ4n) is 1.98. The Morgan fingerprint density at radius 3 is 2.63 bits per heavy atom. The second kappa shape index (κ2) is 5.56. The molecule has 0 aliphatic rings. The summed E-state index contributed by atoms with van der Waals surface area (Å²) in [7, 11) is 0. The molecule has 1 heterocycles. The largest absolute Gasteiger partial charge is 0.480 e. The van der Waals surface area contributed by atoms with Gasteiger partial charge >= 0.3 is 5.97 Å². The minimum absolute atomic E-state index is 0.568. The summed E-state index contributed by atoms with van der Waals surface area (Å²) in [6.07, 6.45) is 4.81. The van der Waals surface area contributed by atoms with E-state index in [0.717, 1.165) is 17.5 Å². The van der Waals surface area contributed by atoms with Gasteiger partial charge < -0.3 is 10.8 Å². The first-order valence-corrected chi connectivity index (χ1v) is 6.24. The van der Waals surface area contributed by atoms with Crippen molar-refractivity contribution in [3.05, 3.63) is 36.7 Å². The van der Waals surface area contributed by atoms with Crippen LogP contribution in [0.1, 0.15) is 25.8 Å². The Labute approximate surface area is 111 Å². The summed E-state index contributed by atoms with van der Waals surface area (Å²) in [5.74, 6) is -0.853. The molecule has 19 heavy (non-hydrogen) atoms. The first-order chi connectivity index (χ1) is 9.11. The van der Waals surface area contributed by atoms with Crippen molar-refractivity contribution in [3.8, 4) is 11.1 Å². The van der Waals surface area contributed by atoms with Crippen LogP contribution in [-0.2, 0) is 4.79 Å². The molecule has 0 aliphatic carbocycles. The number of carboxylic acid groups (broad SMARTS) is 1. The van der Waals surface area contributed by atoms with E-state index in [1.165, 1.54) is 4.68 Å². The highest BCUT2D eigenvalue weighted by atomic mass is 16.4. The second-order valence-corrected chi connectivity index (χ2v) is 4.47. The van der Waals surface area contributed by atoms with E-state index in [1.807, 2.05) is 31.2 Å². The molecule has 5 nitrogen and oxygen atoms in total. The summed E-state index contributed by atoms with van der Waals surface area (Å²) in [6.45, 7) is 1.96. The molecule has 0 aliphatic heterocycles. The maximum Gasteiger partial charge on any atom is 0.328 e. The number of aromatic nitrogens is 2. The molecule has 0 fully saturated rings. The van der Waals surface area contributed by atoms with Crippen LogP contribution in [0.15, 0.2) is 36.7 Å². The van der Waals surface area contributed by atoms with Crippen LogP contribution in [0.3, 0.4) is 0 Å². The Morgan fingerprint density at radius 1 is 1.37 bits per heavy atom. The Kier molecular flexibility index (Phi) is 3.85. The van der Waals surface area contributed by atoms with E-state index in [9.17, 15) is 9.90 Å². The zero-order valence-corrected chi connectivity index (χ0v) is 10.8. The minimum Gasteiger partial charge on any atom is -0.480 e. The van der Waals surface area contributed by atoms with Gasteiger partial charge in [-0.25, -0.2) is 4.79 Å². The molecule has 0 bridgehead atoms. The van der Waals surface area contributed by atoms with Gasteiger partial charge in [-0.1, -0.05) is 25.5 Å². The van der Waals surface area contributed by atoms with Crippen molar-refractivity contribution in [1.82, 2.24) is 9.78 Å². The van der Waals surface area contributed by atoms with E-state index in [0.29, 0.717) is 12.1 Å². The Hall–Kier alpha value is -2.30. The van der Waals surface area contributed by atoms with Gasteiger partial charge in [0.15, 0.2) is 0 Å². The van der Waals surface area contributed by atoms with Crippen molar-refractivity contribution in [1.29, 1.82) is 0 Å². The highest BCUT2D eigenvalue weighted by Crippen LogP contribution is 2.22. The van der Waals surface area contributed by atoms with Crippen LogP contribution in [0.4, 0.5) is 5.69 Å². The molecule has 5 heteroatoms. The fourth-order valence-corrected chi connectivity index (χ4v) is 1.98. The maximum atomic E-state index is 11.2. The lowest BCUT2D eigenvalue weighted by atomic mass is 10.1. The third-order valence-corrected chi connectivity index (χ3v) is 3.01. The van der Waals surface area contributed by atoms with Gasteiger partial charge in [-0.05, 0) is 24.1 Å². The Balaban J connectivity index is 2.27. The quantitative estimate of drug-likeness (QED) is 0.808. The van der Waals surface area contributed by atoms with Gasteiger partial charge in [-0.15, -0.1) is 0 Å². The summed E-state index contributed by atoms with van der Waals surface area (Å²) in [5, 5.41) is 13.4. The predicted octanol–water partition coefficient (Wildman–Crippen LogP) is 2.56. The zero-order chi connectivity index (χ0) is 13.8. The maximum absolute atomic E-state index is 11.2. The monoisotopic (exact) mass is 259 g/mol. The van der Waals surface area contributed by atoms with E-state index in [-0.39, 0.29) is 0 Å². The predicted molar refractivity (Wildman–Crippen MR) is 73.7 cm³/mol. The topological polar surface area (TPSA) is 81.1 Å². The van der Waals surface area contributed by atoms with Crippen molar-refractivity contribution < 1.29 is 9.90 Å². The number of nitrogens with zero attached hydrogens (tertiary/aromatic N) is 2. The molecule has 0 amide bonds. The van der Waals surface area contributed by atoms with Crippen molar-refractivity contribution in [2.24, 2.45) is 0 Å². The van der Waals surface area contributed by atoms with Crippen LogP contribution in [0.2, 0.25) is 0 Å². The lowest BCUT2D eigenvalue weighted by Crippen LogP contribution is -2.19. The number of anilines is 1. The molecule has 0 saturated heterocycles. The van der Waals surface area contributed by atoms with E-state index in [1.54, 1.807) is 12.4 Å². The van der Waals surface area contributed by atoms with Crippen LogP contribution in [-0.4, -0.2) is 20.9 Å². The third kappa shape index (κ3) is 2.93. The van der Waals surface area contributed by atoms with E-state index >= 15 is 0 Å². The number of aliphatic carboxylic acids is 1. The molecular weight excluding hydrogens is 242 g/mol. The highest BCUT2D eigenvalue weighted by molar-refractivity contribution is 5.72. The summed E-state index contributed by atoms with van der Waals surface area (Å²) in [5.41, 5.74) is 8.20. The number of carbonyl (C=O) groups is 1. The average molecular weight is 259 g/mol. The van der Waals surface area contributed by atoms with E-state index in [2.05, 4.69) is 5.10 Å².